The molecule has 36 heavy (non-hydrogen) atoms. The summed E-state index contributed by atoms with van der Waals surface area (Å²) < 4.78 is 19.6. The van der Waals surface area contributed by atoms with E-state index in [1.807, 2.05) is 13.0 Å². The van der Waals surface area contributed by atoms with Crippen LogP contribution in [0.25, 0.3) is 0 Å². The number of nitriles is 1. The average molecular weight is 485 g/mol. The number of amidine groups is 1. The fourth-order valence-electron chi connectivity index (χ4n) is 6.25. The van der Waals surface area contributed by atoms with Gasteiger partial charge in [-0.15, -0.1) is 0 Å². The van der Waals surface area contributed by atoms with E-state index < -0.39 is 5.82 Å². The van der Waals surface area contributed by atoms with Gasteiger partial charge in [-0.05, 0) is 62.0 Å². The normalized spacial score (nSPS) is 26.9. The van der Waals surface area contributed by atoms with Crippen molar-refractivity contribution in [3.63, 3.8) is 0 Å². The molecule has 3 fully saturated rings. The molecule has 1 aromatic carbocycles. The Labute approximate surface area is 210 Å². The summed E-state index contributed by atoms with van der Waals surface area (Å²) in [6.07, 6.45) is 5.83. The Balaban J connectivity index is 1.34. The van der Waals surface area contributed by atoms with Crippen LogP contribution in [0.1, 0.15) is 54.4 Å². The number of rotatable bonds is 4. The SMILES string of the molecule is COC1=NC(C)=C2N=C(c3cncc(F)c3)N(Cc3ccc(C4CN5CCC4CC5)c(C#N)c3)C2C1. The van der Waals surface area contributed by atoms with Crippen molar-refractivity contribution in [3.05, 3.63) is 76.1 Å². The molecule has 0 aliphatic carbocycles. The first-order valence-electron chi connectivity index (χ1n) is 12.6. The zero-order valence-corrected chi connectivity index (χ0v) is 20.6. The summed E-state index contributed by atoms with van der Waals surface area (Å²) in [5.41, 5.74) is 5.22. The lowest BCUT2D eigenvalue weighted by atomic mass is 9.74. The number of allylic oxidation sites excluding steroid dienone is 1. The third-order valence-electron chi connectivity index (χ3n) is 8.07. The molecule has 0 N–H and O–H groups in total. The van der Waals surface area contributed by atoms with Crippen LogP contribution in [0.4, 0.5) is 4.39 Å². The molecule has 5 aliphatic heterocycles. The largest absolute Gasteiger partial charge is 0.484 e. The number of ether oxygens (including phenoxy) is 1. The Kier molecular flexibility index (Phi) is 5.81. The highest BCUT2D eigenvalue weighted by Crippen LogP contribution is 2.40. The molecule has 0 amide bonds. The fourth-order valence-corrected chi connectivity index (χ4v) is 6.25. The molecule has 2 bridgehead atoms. The predicted octanol–water partition coefficient (Wildman–Crippen LogP) is 4.21. The van der Waals surface area contributed by atoms with Crippen molar-refractivity contribution in [1.82, 2.24) is 14.8 Å². The van der Waals surface area contributed by atoms with Gasteiger partial charge in [0.2, 0.25) is 0 Å². The molecule has 0 saturated carbocycles. The molecule has 2 aromatic rings. The van der Waals surface area contributed by atoms with Crippen LogP contribution in [-0.2, 0) is 11.3 Å². The van der Waals surface area contributed by atoms with Gasteiger partial charge >= 0.3 is 0 Å². The highest BCUT2D eigenvalue weighted by Gasteiger charge is 2.39. The number of aromatic nitrogens is 1. The molecule has 1 aromatic heterocycles. The van der Waals surface area contributed by atoms with Crippen molar-refractivity contribution >= 4 is 11.7 Å². The fraction of sp³-hybridized carbons (Fsp3) is 0.429. The minimum absolute atomic E-state index is 0.0807. The number of pyridine rings is 1. The number of halogens is 1. The highest BCUT2D eigenvalue weighted by molar-refractivity contribution is 6.02. The van der Waals surface area contributed by atoms with Crippen LogP contribution in [0.15, 0.2) is 58.0 Å². The molecule has 2 atom stereocenters. The number of benzene rings is 1. The van der Waals surface area contributed by atoms with Crippen LogP contribution in [-0.4, -0.2) is 59.3 Å². The first kappa shape index (κ1) is 22.9. The van der Waals surface area contributed by atoms with Crippen LogP contribution in [0.3, 0.4) is 0 Å². The van der Waals surface area contributed by atoms with Crippen molar-refractivity contribution in [1.29, 1.82) is 5.26 Å². The van der Waals surface area contributed by atoms with Gasteiger partial charge in [0.1, 0.15) is 11.7 Å². The lowest BCUT2D eigenvalue weighted by Crippen LogP contribution is -2.46. The maximum absolute atomic E-state index is 14.1. The zero-order chi connectivity index (χ0) is 24.8. The summed E-state index contributed by atoms with van der Waals surface area (Å²) in [6.45, 7) is 5.85. The second-order valence-corrected chi connectivity index (χ2v) is 10.1. The van der Waals surface area contributed by atoms with E-state index in [9.17, 15) is 9.65 Å². The molecular formula is C28H29FN6O. The molecule has 7 nitrogen and oxygen atoms in total. The van der Waals surface area contributed by atoms with E-state index in [4.69, 9.17) is 9.73 Å². The Morgan fingerprint density at radius 1 is 1.17 bits per heavy atom. The maximum atomic E-state index is 14.1. The number of hydrogen-bond acceptors (Lipinski definition) is 7. The Morgan fingerprint density at radius 2 is 2.00 bits per heavy atom. The third-order valence-corrected chi connectivity index (χ3v) is 8.07. The number of fused-ring (bicyclic) bond motifs is 4. The van der Waals surface area contributed by atoms with Crippen LogP contribution in [0.2, 0.25) is 0 Å². The van der Waals surface area contributed by atoms with E-state index in [1.54, 1.807) is 13.3 Å². The quantitative estimate of drug-likeness (QED) is 0.650. The van der Waals surface area contributed by atoms with Crippen LogP contribution in [0.5, 0.6) is 0 Å². The molecule has 3 saturated heterocycles. The van der Waals surface area contributed by atoms with E-state index >= 15 is 0 Å². The summed E-state index contributed by atoms with van der Waals surface area (Å²) in [4.78, 5) is 18.2. The summed E-state index contributed by atoms with van der Waals surface area (Å²) in [5, 5.41) is 10.1. The minimum atomic E-state index is -0.404. The van der Waals surface area contributed by atoms with Crippen molar-refractivity contribution in [2.45, 2.75) is 44.7 Å². The number of piperidine rings is 3. The Morgan fingerprint density at radius 3 is 2.69 bits per heavy atom. The van der Waals surface area contributed by atoms with Crippen molar-refractivity contribution < 1.29 is 9.13 Å². The van der Waals surface area contributed by atoms with Gasteiger partial charge in [-0.2, -0.15) is 5.26 Å². The Hall–Kier alpha value is -3.57. The molecule has 0 radical (unpaired) electrons. The first-order chi connectivity index (χ1) is 17.5. The monoisotopic (exact) mass is 484 g/mol. The van der Waals surface area contributed by atoms with Gasteiger partial charge in [-0.25, -0.2) is 14.4 Å². The second-order valence-electron chi connectivity index (χ2n) is 10.1. The van der Waals surface area contributed by atoms with Gasteiger partial charge in [-0.3, -0.25) is 4.98 Å². The van der Waals surface area contributed by atoms with E-state index in [2.05, 4.69) is 38.0 Å². The lowest BCUT2D eigenvalue weighted by Gasteiger charge is -2.45. The molecule has 6 heterocycles. The van der Waals surface area contributed by atoms with Gasteiger partial charge in [0, 0.05) is 30.8 Å². The van der Waals surface area contributed by atoms with E-state index in [0.717, 1.165) is 29.1 Å². The summed E-state index contributed by atoms with van der Waals surface area (Å²) in [6, 6.07) is 10.2. The summed E-state index contributed by atoms with van der Waals surface area (Å²) in [7, 11) is 1.63. The Bertz CT molecular complexity index is 1330. The van der Waals surface area contributed by atoms with Crippen molar-refractivity contribution in [2.24, 2.45) is 15.9 Å². The summed E-state index contributed by atoms with van der Waals surface area (Å²) in [5.74, 6) is 1.99. The van der Waals surface area contributed by atoms with Crippen molar-refractivity contribution in [2.75, 3.05) is 26.7 Å². The molecule has 184 valence electrons. The molecular weight excluding hydrogens is 455 g/mol. The van der Waals surface area contributed by atoms with Crippen molar-refractivity contribution in [3.8, 4) is 6.07 Å². The smallest absolute Gasteiger partial charge is 0.190 e. The van der Waals surface area contributed by atoms with Gasteiger partial charge in [0.15, 0.2) is 5.90 Å². The van der Waals surface area contributed by atoms with Gasteiger partial charge in [0.25, 0.3) is 0 Å². The number of aliphatic imine (C=N–C) groups is 2. The second kappa shape index (κ2) is 9.14. The average Bonchev–Trinajstić information content (AvgIpc) is 3.27. The van der Waals surface area contributed by atoms with E-state index in [-0.39, 0.29) is 6.04 Å². The number of nitrogens with zero attached hydrogens (tertiary/aromatic N) is 6. The van der Waals surface area contributed by atoms with Gasteiger partial charge < -0.3 is 14.5 Å². The minimum Gasteiger partial charge on any atom is -0.484 e. The lowest BCUT2D eigenvalue weighted by molar-refractivity contribution is 0.0870. The predicted molar refractivity (Wildman–Crippen MR) is 135 cm³/mol. The number of methoxy groups -OCH3 is 1. The number of hydrogen-bond donors (Lipinski definition) is 0. The molecule has 0 spiro atoms. The van der Waals surface area contributed by atoms with Gasteiger partial charge in [-0.1, -0.05) is 12.1 Å². The highest BCUT2D eigenvalue weighted by atomic mass is 19.1. The molecule has 5 aliphatic rings. The van der Waals surface area contributed by atoms with E-state index in [1.165, 1.54) is 43.8 Å². The molecule has 2 unspecified atom stereocenters. The first-order valence-corrected chi connectivity index (χ1v) is 12.6. The standard InChI is InChI=1S/C28H29FN6O/c1-17-27-25(11-26(32-17)36-2)35(28(33-27)21-10-22(29)14-31-13-21)15-18-3-4-23(20(9-18)12-30)24-16-34-7-5-19(24)6-8-34/h3-4,9-10,13-14,19,24-25H,5-8,11,15-16H2,1-2H3. The maximum Gasteiger partial charge on any atom is 0.190 e. The molecule has 7 rings (SSSR count). The van der Waals surface area contributed by atoms with E-state index in [0.29, 0.717) is 42.1 Å². The van der Waals surface area contributed by atoms with Gasteiger partial charge in [0.05, 0.1) is 48.8 Å². The topological polar surface area (TPSA) is 77.1 Å². The third kappa shape index (κ3) is 3.97. The van der Waals surface area contributed by atoms with Crippen LogP contribution >= 0.6 is 0 Å². The van der Waals surface area contributed by atoms with Crippen LogP contribution < -0.4 is 0 Å². The summed E-state index contributed by atoms with van der Waals surface area (Å²) >= 11 is 0. The zero-order valence-electron chi connectivity index (χ0n) is 20.6. The van der Waals surface area contributed by atoms with Crippen LogP contribution in [0, 0.1) is 23.1 Å². The molecule has 8 heteroatoms.